The molecule has 1 heterocycles. The van der Waals surface area contributed by atoms with Gasteiger partial charge in [-0.25, -0.2) is 4.39 Å². The minimum Gasteiger partial charge on any atom is -0.484 e. The largest absolute Gasteiger partial charge is 0.484 e. The summed E-state index contributed by atoms with van der Waals surface area (Å²) in [5.74, 6) is -0.418. The number of carbonyl (C=O) groups is 1. The fraction of sp³-hybridized carbons (Fsp3) is 0.500. The van der Waals surface area contributed by atoms with E-state index >= 15 is 0 Å². The first-order valence-corrected chi connectivity index (χ1v) is 6.54. The van der Waals surface area contributed by atoms with E-state index in [4.69, 9.17) is 9.47 Å². The van der Waals surface area contributed by atoms with Crippen LogP contribution in [0.15, 0.2) is 18.2 Å². The van der Waals surface area contributed by atoms with E-state index in [-0.39, 0.29) is 23.8 Å². The number of aliphatic hydroxyl groups is 1. The van der Waals surface area contributed by atoms with Gasteiger partial charge >= 0.3 is 0 Å². The van der Waals surface area contributed by atoms with Crippen LogP contribution in [0, 0.1) is 5.82 Å². The molecule has 1 amide bonds. The molecule has 0 radical (unpaired) electrons. The van der Waals surface area contributed by atoms with Crippen LogP contribution >= 0.6 is 0 Å². The van der Waals surface area contributed by atoms with Gasteiger partial charge in [0.2, 0.25) is 0 Å². The molecule has 110 valence electrons. The minimum atomic E-state index is -0.876. The summed E-state index contributed by atoms with van der Waals surface area (Å²) in [5.41, 5.74) is 0.205. The molecule has 1 fully saturated rings. The SMILES string of the molecule is CC(O)c1ccc(OCC(=O)N2CCOCC2)cc1F. The van der Waals surface area contributed by atoms with Crippen LogP contribution in [0.3, 0.4) is 0 Å². The van der Waals surface area contributed by atoms with Crippen LogP contribution < -0.4 is 4.74 Å². The Morgan fingerprint density at radius 2 is 2.20 bits per heavy atom. The highest BCUT2D eigenvalue weighted by Crippen LogP contribution is 2.21. The number of halogens is 1. The summed E-state index contributed by atoms with van der Waals surface area (Å²) >= 11 is 0. The molecule has 1 N–H and O–H groups in total. The Bertz CT molecular complexity index is 472. The highest BCUT2D eigenvalue weighted by Gasteiger charge is 2.17. The molecule has 0 aliphatic carbocycles. The van der Waals surface area contributed by atoms with Crippen molar-refractivity contribution in [2.45, 2.75) is 13.0 Å². The van der Waals surface area contributed by atoms with E-state index in [2.05, 4.69) is 0 Å². The number of morpholine rings is 1. The Balaban J connectivity index is 1.90. The number of aliphatic hydroxyl groups excluding tert-OH is 1. The van der Waals surface area contributed by atoms with Gasteiger partial charge < -0.3 is 19.5 Å². The lowest BCUT2D eigenvalue weighted by Crippen LogP contribution is -2.42. The molecule has 2 rings (SSSR count). The fourth-order valence-corrected chi connectivity index (χ4v) is 1.99. The summed E-state index contributed by atoms with van der Waals surface area (Å²) < 4.78 is 24.1. The molecule has 0 saturated carbocycles. The predicted molar refractivity (Wildman–Crippen MR) is 69.9 cm³/mol. The highest BCUT2D eigenvalue weighted by molar-refractivity contribution is 5.77. The van der Waals surface area contributed by atoms with Gasteiger partial charge in [0.15, 0.2) is 6.61 Å². The average Bonchev–Trinajstić information content (AvgIpc) is 2.45. The summed E-state index contributed by atoms with van der Waals surface area (Å²) in [6.45, 7) is 3.52. The van der Waals surface area contributed by atoms with E-state index < -0.39 is 11.9 Å². The van der Waals surface area contributed by atoms with Crippen molar-refractivity contribution in [2.75, 3.05) is 32.9 Å². The Labute approximate surface area is 116 Å². The minimum absolute atomic E-state index is 0.131. The van der Waals surface area contributed by atoms with E-state index in [0.29, 0.717) is 26.3 Å². The number of benzene rings is 1. The molecule has 0 aromatic heterocycles. The summed E-state index contributed by atoms with van der Waals surface area (Å²) in [6, 6.07) is 4.17. The van der Waals surface area contributed by atoms with Crippen molar-refractivity contribution in [3.63, 3.8) is 0 Å². The maximum absolute atomic E-state index is 13.6. The summed E-state index contributed by atoms with van der Waals surface area (Å²) in [6.07, 6.45) is -0.876. The van der Waals surface area contributed by atoms with Crippen LogP contribution in [0.1, 0.15) is 18.6 Å². The second-order valence-corrected chi connectivity index (χ2v) is 4.64. The quantitative estimate of drug-likeness (QED) is 0.899. The van der Waals surface area contributed by atoms with Gasteiger partial charge in [0.05, 0.1) is 19.3 Å². The van der Waals surface area contributed by atoms with E-state index in [0.717, 1.165) is 0 Å². The molecule has 6 heteroatoms. The van der Waals surface area contributed by atoms with E-state index in [1.807, 2.05) is 0 Å². The fourth-order valence-electron chi connectivity index (χ4n) is 1.99. The molecular weight excluding hydrogens is 265 g/mol. The lowest BCUT2D eigenvalue weighted by atomic mass is 10.1. The molecule has 1 aliphatic rings. The van der Waals surface area contributed by atoms with Crippen LogP contribution in [0.5, 0.6) is 5.75 Å². The topological polar surface area (TPSA) is 59.0 Å². The predicted octanol–water partition coefficient (Wildman–Crippen LogP) is 1.12. The van der Waals surface area contributed by atoms with Crippen molar-refractivity contribution in [3.8, 4) is 5.75 Å². The average molecular weight is 283 g/mol. The van der Waals surface area contributed by atoms with Crippen LogP contribution in [0.2, 0.25) is 0 Å². The highest BCUT2D eigenvalue weighted by atomic mass is 19.1. The smallest absolute Gasteiger partial charge is 0.260 e. The Kier molecular flexibility index (Phi) is 4.92. The molecular formula is C14H18FNO4. The molecule has 20 heavy (non-hydrogen) atoms. The van der Waals surface area contributed by atoms with Gasteiger partial charge in [-0.05, 0) is 19.1 Å². The molecule has 5 nitrogen and oxygen atoms in total. The van der Waals surface area contributed by atoms with E-state index in [9.17, 15) is 14.3 Å². The third kappa shape index (κ3) is 3.68. The van der Waals surface area contributed by atoms with Gasteiger partial charge in [0.1, 0.15) is 11.6 Å². The third-order valence-corrected chi connectivity index (χ3v) is 3.15. The number of amides is 1. The molecule has 1 atom stereocenters. The first kappa shape index (κ1) is 14.7. The third-order valence-electron chi connectivity index (χ3n) is 3.15. The van der Waals surface area contributed by atoms with Crippen molar-refractivity contribution >= 4 is 5.91 Å². The second kappa shape index (κ2) is 6.67. The maximum Gasteiger partial charge on any atom is 0.260 e. The summed E-state index contributed by atoms with van der Waals surface area (Å²) in [7, 11) is 0. The normalized spacial score (nSPS) is 16.9. The lowest BCUT2D eigenvalue weighted by Gasteiger charge is -2.26. The molecule has 1 aromatic rings. The van der Waals surface area contributed by atoms with Gasteiger partial charge in [0.25, 0.3) is 5.91 Å². The summed E-state index contributed by atoms with van der Waals surface area (Å²) in [4.78, 5) is 13.5. The first-order chi connectivity index (χ1) is 9.58. The zero-order valence-corrected chi connectivity index (χ0v) is 11.3. The van der Waals surface area contributed by atoms with Gasteiger partial charge in [-0.15, -0.1) is 0 Å². The Morgan fingerprint density at radius 1 is 1.50 bits per heavy atom. The van der Waals surface area contributed by atoms with Crippen LogP contribution in [-0.4, -0.2) is 48.8 Å². The van der Waals surface area contributed by atoms with Crippen molar-refractivity contribution in [2.24, 2.45) is 0 Å². The van der Waals surface area contributed by atoms with Crippen molar-refractivity contribution in [3.05, 3.63) is 29.6 Å². The molecule has 1 aliphatic heterocycles. The van der Waals surface area contributed by atoms with Gasteiger partial charge in [0, 0.05) is 24.7 Å². The van der Waals surface area contributed by atoms with Gasteiger partial charge in [-0.1, -0.05) is 0 Å². The molecule has 0 bridgehead atoms. The molecule has 1 aromatic carbocycles. The Morgan fingerprint density at radius 3 is 2.80 bits per heavy atom. The maximum atomic E-state index is 13.6. The first-order valence-electron chi connectivity index (χ1n) is 6.54. The zero-order chi connectivity index (χ0) is 14.5. The summed E-state index contributed by atoms with van der Waals surface area (Å²) in [5, 5.41) is 9.33. The van der Waals surface area contributed by atoms with Crippen LogP contribution in [-0.2, 0) is 9.53 Å². The van der Waals surface area contributed by atoms with Gasteiger partial charge in [-0.2, -0.15) is 0 Å². The number of carbonyl (C=O) groups excluding carboxylic acids is 1. The van der Waals surface area contributed by atoms with E-state index in [1.165, 1.54) is 25.1 Å². The number of rotatable bonds is 4. The number of ether oxygens (including phenoxy) is 2. The molecule has 1 unspecified atom stereocenters. The standard InChI is InChI=1S/C14H18FNO4/c1-10(17)12-3-2-11(8-13(12)15)20-9-14(18)16-4-6-19-7-5-16/h2-3,8,10,17H,4-7,9H2,1H3. The second-order valence-electron chi connectivity index (χ2n) is 4.64. The van der Waals surface area contributed by atoms with Crippen molar-refractivity contribution in [1.29, 1.82) is 0 Å². The molecule has 1 saturated heterocycles. The zero-order valence-electron chi connectivity index (χ0n) is 11.3. The number of hydrogen-bond donors (Lipinski definition) is 1. The Hall–Kier alpha value is -1.66. The number of hydrogen-bond acceptors (Lipinski definition) is 4. The molecule has 0 spiro atoms. The van der Waals surface area contributed by atoms with Gasteiger partial charge in [-0.3, -0.25) is 4.79 Å². The van der Waals surface area contributed by atoms with Crippen molar-refractivity contribution in [1.82, 2.24) is 4.90 Å². The van der Waals surface area contributed by atoms with Crippen LogP contribution in [0.4, 0.5) is 4.39 Å². The monoisotopic (exact) mass is 283 g/mol. The lowest BCUT2D eigenvalue weighted by molar-refractivity contribution is -0.137. The van der Waals surface area contributed by atoms with Crippen molar-refractivity contribution < 1.29 is 23.8 Å². The van der Waals surface area contributed by atoms with E-state index in [1.54, 1.807) is 4.90 Å². The number of nitrogens with zero attached hydrogens (tertiary/aromatic N) is 1. The van der Waals surface area contributed by atoms with Crippen LogP contribution in [0.25, 0.3) is 0 Å².